The largest absolute Gasteiger partial charge is 0.377 e. The summed E-state index contributed by atoms with van der Waals surface area (Å²) in [5.74, 6) is 0. The summed E-state index contributed by atoms with van der Waals surface area (Å²) in [6.45, 7) is 0. The number of hydrogen-bond acceptors (Lipinski definition) is 2. The number of carbonyl (C=O) groups excluding carboxylic acids is 1. The molecule has 1 aromatic carbocycles. The van der Waals surface area contributed by atoms with Gasteiger partial charge in [-0.25, -0.2) is 0 Å². The second-order valence-electron chi connectivity index (χ2n) is 2.72. The molecule has 3 heteroatoms. The molecule has 0 aliphatic rings. The van der Waals surface area contributed by atoms with Gasteiger partial charge in [0.15, 0.2) is 6.29 Å². The SMILES string of the molecule is CN(C)c1ccc(Cl)cc1C=O. The lowest BCUT2D eigenvalue weighted by molar-refractivity contribution is 0.112. The normalized spacial score (nSPS) is 9.58. The molecule has 0 saturated heterocycles. The Morgan fingerprint density at radius 2 is 2.08 bits per heavy atom. The number of benzene rings is 1. The van der Waals surface area contributed by atoms with Crippen molar-refractivity contribution in [3.63, 3.8) is 0 Å². The van der Waals surface area contributed by atoms with Gasteiger partial charge in [0, 0.05) is 30.4 Å². The molecule has 0 N–H and O–H groups in total. The smallest absolute Gasteiger partial charge is 0.152 e. The summed E-state index contributed by atoms with van der Waals surface area (Å²) in [6.07, 6.45) is 0.807. The first-order valence-electron chi connectivity index (χ1n) is 3.57. The molecule has 0 amide bonds. The van der Waals surface area contributed by atoms with Crippen molar-refractivity contribution in [2.24, 2.45) is 0 Å². The molecule has 0 atom stereocenters. The molecule has 0 heterocycles. The Kier molecular flexibility index (Phi) is 2.71. The minimum atomic E-state index is 0.586. The lowest BCUT2D eigenvalue weighted by atomic mass is 10.2. The van der Waals surface area contributed by atoms with Crippen molar-refractivity contribution in [2.45, 2.75) is 0 Å². The van der Waals surface area contributed by atoms with Crippen molar-refractivity contribution in [2.75, 3.05) is 19.0 Å². The van der Waals surface area contributed by atoms with Crippen LogP contribution in [0.5, 0.6) is 0 Å². The van der Waals surface area contributed by atoms with Gasteiger partial charge in [-0.15, -0.1) is 0 Å². The van der Waals surface area contributed by atoms with E-state index < -0.39 is 0 Å². The third-order valence-electron chi connectivity index (χ3n) is 1.60. The Morgan fingerprint density at radius 3 is 2.58 bits per heavy atom. The van der Waals surface area contributed by atoms with E-state index in [-0.39, 0.29) is 0 Å². The van der Waals surface area contributed by atoms with Gasteiger partial charge in [0.1, 0.15) is 0 Å². The van der Waals surface area contributed by atoms with E-state index in [2.05, 4.69) is 0 Å². The number of hydrogen-bond donors (Lipinski definition) is 0. The molecular weight excluding hydrogens is 174 g/mol. The summed E-state index contributed by atoms with van der Waals surface area (Å²) in [5, 5.41) is 0.586. The van der Waals surface area contributed by atoms with Crippen LogP contribution in [0.4, 0.5) is 5.69 Å². The molecule has 1 rings (SSSR count). The van der Waals surface area contributed by atoms with Gasteiger partial charge >= 0.3 is 0 Å². The van der Waals surface area contributed by atoms with Gasteiger partial charge in [-0.2, -0.15) is 0 Å². The van der Waals surface area contributed by atoms with Crippen LogP contribution < -0.4 is 4.90 Å². The Hall–Kier alpha value is -1.02. The maximum atomic E-state index is 10.6. The molecule has 0 radical (unpaired) electrons. The zero-order valence-electron chi connectivity index (χ0n) is 7.04. The molecule has 0 unspecified atom stereocenters. The molecule has 0 saturated carbocycles. The number of carbonyl (C=O) groups is 1. The van der Waals surface area contributed by atoms with Crippen LogP contribution in [-0.4, -0.2) is 20.4 Å². The highest BCUT2D eigenvalue weighted by Crippen LogP contribution is 2.20. The Morgan fingerprint density at radius 1 is 1.42 bits per heavy atom. The monoisotopic (exact) mass is 183 g/mol. The molecule has 0 aromatic heterocycles. The zero-order chi connectivity index (χ0) is 9.14. The Bertz CT molecular complexity index is 297. The summed E-state index contributed by atoms with van der Waals surface area (Å²) in [6, 6.07) is 5.25. The van der Waals surface area contributed by atoms with Crippen molar-refractivity contribution in [1.82, 2.24) is 0 Å². The standard InChI is InChI=1S/C9H10ClNO/c1-11(2)9-4-3-8(10)5-7(9)6-12/h3-6H,1-2H3. The van der Waals surface area contributed by atoms with Crippen LogP contribution in [0.2, 0.25) is 5.02 Å². The molecule has 0 bridgehead atoms. The molecule has 0 spiro atoms. The average Bonchev–Trinajstić information content (AvgIpc) is 2.03. The molecule has 2 nitrogen and oxygen atoms in total. The Balaban J connectivity index is 3.20. The van der Waals surface area contributed by atoms with Crippen LogP contribution in [0.15, 0.2) is 18.2 Å². The number of rotatable bonds is 2. The first kappa shape index (κ1) is 9.07. The minimum absolute atomic E-state index is 0.586. The molecule has 0 fully saturated rings. The van der Waals surface area contributed by atoms with Crippen LogP contribution in [0.1, 0.15) is 10.4 Å². The first-order valence-corrected chi connectivity index (χ1v) is 3.95. The van der Waals surface area contributed by atoms with Crippen LogP contribution in [0.25, 0.3) is 0 Å². The minimum Gasteiger partial charge on any atom is -0.377 e. The highest BCUT2D eigenvalue weighted by Gasteiger charge is 2.03. The second-order valence-corrected chi connectivity index (χ2v) is 3.15. The maximum Gasteiger partial charge on any atom is 0.152 e. The van der Waals surface area contributed by atoms with Crippen LogP contribution in [0.3, 0.4) is 0 Å². The summed E-state index contributed by atoms with van der Waals surface area (Å²) in [4.78, 5) is 12.5. The number of anilines is 1. The zero-order valence-corrected chi connectivity index (χ0v) is 7.80. The molecule has 1 aromatic rings. The molecule has 64 valence electrons. The van der Waals surface area contributed by atoms with Crippen molar-refractivity contribution in [3.05, 3.63) is 28.8 Å². The van der Waals surface area contributed by atoms with E-state index in [0.717, 1.165) is 12.0 Å². The topological polar surface area (TPSA) is 20.3 Å². The van der Waals surface area contributed by atoms with Crippen LogP contribution in [0, 0.1) is 0 Å². The van der Waals surface area contributed by atoms with E-state index in [1.165, 1.54) is 0 Å². The number of aldehydes is 1. The van der Waals surface area contributed by atoms with Gasteiger partial charge in [0.05, 0.1) is 0 Å². The fraction of sp³-hybridized carbons (Fsp3) is 0.222. The van der Waals surface area contributed by atoms with Gasteiger partial charge in [0.25, 0.3) is 0 Å². The van der Waals surface area contributed by atoms with E-state index in [1.54, 1.807) is 12.1 Å². The molecule has 0 aliphatic carbocycles. The summed E-state index contributed by atoms with van der Waals surface area (Å²) < 4.78 is 0. The fourth-order valence-electron chi connectivity index (χ4n) is 1.03. The quantitative estimate of drug-likeness (QED) is 0.656. The Labute approximate surface area is 76.8 Å². The van der Waals surface area contributed by atoms with Gasteiger partial charge in [-0.05, 0) is 18.2 Å². The van der Waals surface area contributed by atoms with E-state index in [9.17, 15) is 4.79 Å². The molecule has 0 aliphatic heterocycles. The summed E-state index contributed by atoms with van der Waals surface area (Å²) >= 11 is 5.72. The van der Waals surface area contributed by atoms with Gasteiger partial charge in [0.2, 0.25) is 0 Å². The summed E-state index contributed by atoms with van der Waals surface area (Å²) in [5.41, 5.74) is 1.50. The second kappa shape index (κ2) is 3.59. The molecular formula is C9H10ClNO. The van der Waals surface area contributed by atoms with Crippen LogP contribution in [-0.2, 0) is 0 Å². The van der Waals surface area contributed by atoms with Crippen molar-refractivity contribution < 1.29 is 4.79 Å². The maximum absolute atomic E-state index is 10.6. The lowest BCUT2D eigenvalue weighted by Gasteiger charge is -2.14. The van der Waals surface area contributed by atoms with E-state index in [0.29, 0.717) is 10.6 Å². The van der Waals surface area contributed by atoms with Crippen molar-refractivity contribution in [1.29, 1.82) is 0 Å². The number of halogens is 1. The van der Waals surface area contributed by atoms with Gasteiger partial charge in [-0.3, -0.25) is 4.79 Å². The van der Waals surface area contributed by atoms with E-state index in [4.69, 9.17) is 11.6 Å². The molecule has 12 heavy (non-hydrogen) atoms. The third-order valence-corrected chi connectivity index (χ3v) is 1.83. The van der Waals surface area contributed by atoms with Crippen LogP contribution >= 0.6 is 11.6 Å². The van der Waals surface area contributed by atoms with E-state index >= 15 is 0 Å². The van der Waals surface area contributed by atoms with Gasteiger partial charge < -0.3 is 4.90 Å². The average molecular weight is 184 g/mol. The first-order chi connectivity index (χ1) is 5.65. The third kappa shape index (κ3) is 1.77. The lowest BCUT2D eigenvalue weighted by Crippen LogP contribution is -2.10. The van der Waals surface area contributed by atoms with Crippen molar-refractivity contribution in [3.8, 4) is 0 Å². The fourth-order valence-corrected chi connectivity index (χ4v) is 1.21. The van der Waals surface area contributed by atoms with E-state index in [1.807, 2.05) is 25.1 Å². The highest BCUT2D eigenvalue weighted by atomic mass is 35.5. The van der Waals surface area contributed by atoms with Gasteiger partial charge in [-0.1, -0.05) is 11.6 Å². The summed E-state index contributed by atoms with van der Waals surface area (Å²) in [7, 11) is 3.77. The predicted molar refractivity (Wildman–Crippen MR) is 51.2 cm³/mol. The highest BCUT2D eigenvalue weighted by molar-refractivity contribution is 6.31. The van der Waals surface area contributed by atoms with Crippen molar-refractivity contribution >= 4 is 23.6 Å². The number of nitrogens with zero attached hydrogens (tertiary/aromatic N) is 1. The predicted octanol–water partition coefficient (Wildman–Crippen LogP) is 2.22.